The molecule has 132 valence electrons. The van der Waals surface area contributed by atoms with Crippen molar-refractivity contribution < 1.29 is 13.2 Å². The summed E-state index contributed by atoms with van der Waals surface area (Å²) >= 11 is 1.35. The molecule has 25 heavy (non-hydrogen) atoms. The molecule has 2 saturated heterocycles. The molecular formula is C17H19N3O3S2. The molecule has 0 radical (unpaired) electrons. The number of sulfonamides is 1. The summed E-state index contributed by atoms with van der Waals surface area (Å²) in [4.78, 5) is 14.0. The first-order chi connectivity index (χ1) is 11.9. The summed E-state index contributed by atoms with van der Waals surface area (Å²) in [5, 5.41) is 11.8. The summed E-state index contributed by atoms with van der Waals surface area (Å²) in [5.74, 6) is -0.0711. The van der Waals surface area contributed by atoms with Crippen molar-refractivity contribution in [1.82, 2.24) is 10.6 Å². The van der Waals surface area contributed by atoms with Crippen molar-refractivity contribution in [2.24, 2.45) is 5.14 Å². The number of carbonyl (C=O) groups is 1. The third-order valence-electron chi connectivity index (χ3n) is 4.89. The Balaban J connectivity index is 1.51. The molecule has 4 N–H and O–H groups in total. The van der Waals surface area contributed by atoms with Crippen LogP contribution in [-0.4, -0.2) is 32.5 Å². The highest BCUT2D eigenvalue weighted by Crippen LogP contribution is 2.31. The minimum atomic E-state index is -3.75. The Morgan fingerprint density at radius 1 is 1.24 bits per heavy atom. The van der Waals surface area contributed by atoms with Gasteiger partial charge in [-0.3, -0.25) is 4.79 Å². The van der Waals surface area contributed by atoms with Crippen LogP contribution in [0, 0.1) is 0 Å². The second-order valence-corrected chi connectivity index (χ2v) is 9.25. The van der Waals surface area contributed by atoms with Gasteiger partial charge in [-0.2, -0.15) is 0 Å². The molecule has 2 fully saturated rings. The van der Waals surface area contributed by atoms with Crippen molar-refractivity contribution in [3.8, 4) is 10.4 Å². The van der Waals surface area contributed by atoms with Gasteiger partial charge >= 0.3 is 0 Å². The molecule has 2 aliphatic heterocycles. The normalized spacial score (nSPS) is 25.2. The predicted octanol–water partition coefficient (Wildman–Crippen LogP) is 1.69. The minimum absolute atomic E-state index is 0.0671. The minimum Gasteiger partial charge on any atom is -0.347 e. The Bertz CT molecular complexity index is 923. The Morgan fingerprint density at radius 3 is 2.76 bits per heavy atom. The lowest BCUT2D eigenvalue weighted by molar-refractivity contribution is 0.0935. The van der Waals surface area contributed by atoms with Gasteiger partial charge in [-0.15, -0.1) is 11.3 Å². The van der Waals surface area contributed by atoms with E-state index in [4.69, 9.17) is 5.14 Å². The molecule has 0 spiro atoms. The number of hydrogen-bond acceptors (Lipinski definition) is 5. The molecule has 1 aromatic carbocycles. The van der Waals surface area contributed by atoms with Gasteiger partial charge in [0.25, 0.3) is 5.91 Å². The highest BCUT2D eigenvalue weighted by atomic mass is 32.2. The lowest BCUT2D eigenvalue weighted by Gasteiger charge is -2.20. The first-order valence-corrected chi connectivity index (χ1v) is 10.6. The Kier molecular flexibility index (Phi) is 4.15. The van der Waals surface area contributed by atoms with Gasteiger partial charge < -0.3 is 10.6 Å². The van der Waals surface area contributed by atoms with Gasteiger partial charge in [0.1, 0.15) is 0 Å². The summed E-state index contributed by atoms with van der Waals surface area (Å²) in [5.41, 5.74) is 0.733. The van der Waals surface area contributed by atoms with E-state index in [1.165, 1.54) is 29.9 Å². The van der Waals surface area contributed by atoms with Crippen molar-refractivity contribution in [3.05, 3.63) is 41.3 Å². The van der Waals surface area contributed by atoms with E-state index in [1.807, 2.05) is 12.1 Å². The summed E-state index contributed by atoms with van der Waals surface area (Å²) in [6.07, 6.45) is 3.30. The summed E-state index contributed by atoms with van der Waals surface area (Å²) in [7, 11) is -3.75. The zero-order valence-electron chi connectivity index (χ0n) is 13.4. The van der Waals surface area contributed by atoms with Gasteiger partial charge in [0.05, 0.1) is 9.77 Å². The van der Waals surface area contributed by atoms with Crippen LogP contribution in [0.5, 0.6) is 0 Å². The number of hydrogen-bond donors (Lipinski definition) is 3. The number of nitrogens with one attached hydrogen (secondary N) is 2. The fourth-order valence-corrected chi connectivity index (χ4v) is 5.13. The fourth-order valence-electron chi connectivity index (χ4n) is 3.66. The highest BCUT2D eigenvalue weighted by molar-refractivity contribution is 7.89. The molecule has 3 atom stereocenters. The molecule has 1 aromatic heterocycles. The van der Waals surface area contributed by atoms with E-state index in [-0.39, 0.29) is 16.8 Å². The largest absolute Gasteiger partial charge is 0.347 e. The van der Waals surface area contributed by atoms with E-state index < -0.39 is 10.0 Å². The third kappa shape index (κ3) is 3.35. The third-order valence-corrected chi connectivity index (χ3v) is 6.94. The molecule has 4 rings (SSSR count). The molecule has 1 amide bonds. The number of carbonyl (C=O) groups excluding carboxylic acids is 1. The first-order valence-electron chi connectivity index (χ1n) is 8.20. The maximum Gasteiger partial charge on any atom is 0.261 e. The van der Waals surface area contributed by atoms with Crippen LogP contribution in [0.15, 0.2) is 41.3 Å². The number of primary sulfonamides is 1. The van der Waals surface area contributed by atoms with Crippen molar-refractivity contribution in [1.29, 1.82) is 0 Å². The molecule has 0 saturated carbocycles. The lowest BCUT2D eigenvalue weighted by Crippen LogP contribution is -2.42. The van der Waals surface area contributed by atoms with E-state index >= 15 is 0 Å². The van der Waals surface area contributed by atoms with Crippen molar-refractivity contribution in [2.75, 3.05) is 0 Å². The fraction of sp³-hybridized carbons (Fsp3) is 0.353. The highest BCUT2D eigenvalue weighted by Gasteiger charge is 2.39. The number of benzene rings is 1. The quantitative estimate of drug-likeness (QED) is 0.754. The SMILES string of the molecule is NS(=O)(=O)c1cccc(-c2ccc(C(=O)N[C@@H]3C[C@H]4CC[C@@H]3N4)s2)c1. The maximum absolute atomic E-state index is 12.5. The maximum atomic E-state index is 12.5. The van der Waals surface area contributed by atoms with Gasteiger partial charge in [-0.25, -0.2) is 13.6 Å². The number of amides is 1. The smallest absolute Gasteiger partial charge is 0.261 e. The Hall–Kier alpha value is -1.74. The van der Waals surface area contributed by atoms with Gasteiger partial charge in [0.2, 0.25) is 10.0 Å². The van der Waals surface area contributed by atoms with Crippen LogP contribution in [0.2, 0.25) is 0 Å². The molecule has 0 aliphatic carbocycles. The van der Waals surface area contributed by atoms with Gasteiger partial charge in [-0.1, -0.05) is 12.1 Å². The lowest BCUT2D eigenvalue weighted by atomic mass is 9.95. The number of rotatable bonds is 4. The van der Waals surface area contributed by atoms with Crippen molar-refractivity contribution >= 4 is 27.3 Å². The van der Waals surface area contributed by atoms with E-state index in [0.29, 0.717) is 17.0 Å². The zero-order chi connectivity index (χ0) is 17.6. The number of nitrogens with two attached hydrogens (primary N) is 1. The van der Waals surface area contributed by atoms with Gasteiger partial charge in [-0.05, 0) is 49.1 Å². The van der Waals surface area contributed by atoms with E-state index in [2.05, 4.69) is 10.6 Å². The monoisotopic (exact) mass is 377 g/mol. The van der Waals surface area contributed by atoms with Crippen LogP contribution in [0.3, 0.4) is 0 Å². The van der Waals surface area contributed by atoms with Crippen LogP contribution < -0.4 is 15.8 Å². The predicted molar refractivity (Wildman–Crippen MR) is 96.9 cm³/mol. The summed E-state index contributed by atoms with van der Waals surface area (Å²) in [6, 6.07) is 11.2. The van der Waals surface area contributed by atoms with Crippen LogP contribution in [-0.2, 0) is 10.0 Å². The molecule has 3 heterocycles. The molecule has 0 unspecified atom stereocenters. The van der Waals surface area contributed by atoms with E-state index in [1.54, 1.807) is 12.1 Å². The van der Waals surface area contributed by atoms with Gasteiger partial charge in [0.15, 0.2) is 0 Å². The zero-order valence-corrected chi connectivity index (χ0v) is 15.1. The van der Waals surface area contributed by atoms with E-state index in [0.717, 1.165) is 23.3 Å². The second-order valence-electron chi connectivity index (χ2n) is 6.60. The molecule has 2 aromatic rings. The Labute approximate surface area is 150 Å². The topological polar surface area (TPSA) is 101 Å². The second kappa shape index (κ2) is 6.21. The molecule has 2 bridgehead atoms. The molecular weight excluding hydrogens is 358 g/mol. The van der Waals surface area contributed by atoms with E-state index in [9.17, 15) is 13.2 Å². The summed E-state index contributed by atoms with van der Waals surface area (Å²) in [6.45, 7) is 0. The molecule has 2 aliphatic rings. The summed E-state index contributed by atoms with van der Waals surface area (Å²) < 4.78 is 23.0. The first kappa shape index (κ1) is 16.7. The van der Waals surface area contributed by atoms with Crippen LogP contribution in [0.1, 0.15) is 28.9 Å². The molecule has 6 nitrogen and oxygen atoms in total. The van der Waals surface area contributed by atoms with Crippen molar-refractivity contribution in [2.45, 2.75) is 42.3 Å². The standard InChI is InChI=1S/C17H19N3O3S2/c18-25(22,23)12-3-1-2-10(8-12)15-6-7-16(24-15)17(21)20-14-9-11-4-5-13(14)19-11/h1-3,6-8,11,13-14,19H,4-5,9H2,(H,20,21)(H2,18,22,23)/t11-,13+,14-/m1/s1. The number of thiophene rings is 1. The van der Waals surface area contributed by atoms with Crippen LogP contribution in [0.4, 0.5) is 0 Å². The number of fused-ring (bicyclic) bond motifs is 2. The van der Waals surface area contributed by atoms with Crippen LogP contribution >= 0.6 is 11.3 Å². The average Bonchev–Trinajstić information content (AvgIpc) is 3.30. The molecule has 8 heteroatoms. The van der Waals surface area contributed by atoms with Crippen LogP contribution in [0.25, 0.3) is 10.4 Å². The van der Waals surface area contributed by atoms with Gasteiger partial charge in [0, 0.05) is 23.0 Å². The van der Waals surface area contributed by atoms with Crippen molar-refractivity contribution in [3.63, 3.8) is 0 Å². The Morgan fingerprint density at radius 2 is 2.08 bits per heavy atom. The average molecular weight is 377 g/mol.